The van der Waals surface area contributed by atoms with Crippen LogP contribution in [0.4, 0.5) is 0 Å². The minimum atomic E-state index is -0.341. The zero-order valence-electron chi connectivity index (χ0n) is 7.55. The van der Waals surface area contributed by atoms with Crippen molar-refractivity contribution < 1.29 is 9.21 Å². The van der Waals surface area contributed by atoms with E-state index in [-0.39, 0.29) is 18.2 Å². The predicted molar refractivity (Wildman–Crippen MR) is 46.1 cm³/mol. The van der Waals surface area contributed by atoms with Gasteiger partial charge in [-0.1, -0.05) is 0 Å². The summed E-state index contributed by atoms with van der Waals surface area (Å²) in [6.07, 6.45) is 1.52. The van der Waals surface area contributed by atoms with Crippen LogP contribution >= 0.6 is 0 Å². The summed E-state index contributed by atoms with van der Waals surface area (Å²) in [4.78, 5) is 11.3. The number of amides is 1. The highest BCUT2D eigenvalue weighted by molar-refractivity contribution is 5.93. The summed E-state index contributed by atoms with van der Waals surface area (Å²) in [7, 11) is 0. The molecule has 0 aliphatic rings. The van der Waals surface area contributed by atoms with Crippen molar-refractivity contribution in [1.82, 2.24) is 5.32 Å². The molecule has 0 aliphatic carbocycles. The first-order valence-electron chi connectivity index (χ1n) is 3.86. The van der Waals surface area contributed by atoms with Crippen molar-refractivity contribution in [3.05, 3.63) is 23.2 Å². The highest BCUT2D eigenvalue weighted by Gasteiger charge is 2.13. The minimum absolute atomic E-state index is 0.00196. The Morgan fingerprint density at radius 2 is 2.38 bits per heavy atom. The normalized spacial score (nSPS) is 9.31. The van der Waals surface area contributed by atoms with E-state index < -0.39 is 0 Å². The molecular formula is C9H10N2O2. The smallest absolute Gasteiger partial charge is 0.288 e. The van der Waals surface area contributed by atoms with Gasteiger partial charge in [0.1, 0.15) is 6.54 Å². The SMILES string of the molecule is Cc1coc(C(=O)NCC#N)c1C. The first kappa shape index (κ1) is 9.33. The second kappa shape index (κ2) is 3.76. The highest BCUT2D eigenvalue weighted by Crippen LogP contribution is 2.14. The number of hydrogen-bond acceptors (Lipinski definition) is 3. The maximum absolute atomic E-state index is 11.3. The standard InChI is InChI=1S/C9H10N2O2/c1-6-5-13-8(7(6)2)9(12)11-4-3-10/h5H,4H2,1-2H3,(H,11,12). The molecule has 1 aromatic rings. The summed E-state index contributed by atoms with van der Waals surface area (Å²) in [6.45, 7) is 3.66. The van der Waals surface area contributed by atoms with E-state index >= 15 is 0 Å². The lowest BCUT2D eigenvalue weighted by Gasteiger charge is -1.97. The number of nitrogens with zero attached hydrogens (tertiary/aromatic N) is 1. The zero-order valence-corrected chi connectivity index (χ0v) is 7.55. The number of carbonyl (C=O) groups excluding carboxylic acids is 1. The van der Waals surface area contributed by atoms with Crippen LogP contribution in [-0.2, 0) is 0 Å². The first-order chi connectivity index (χ1) is 6.16. The lowest BCUT2D eigenvalue weighted by atomic mass is 10.2. The Hall–Kier alpha value is -1.76. The molecule has 68 valence electrons. The van der Waals surface area contributed by atoms with Crippen LogP contribution in [0.3, 0.4) is 0 Å². The molecule has 4 nitrogen and oxygen atoms in total. The number of hydrogen-bond donors (Lipinski definition) is 1. The van der Waals surface area contributed by atoms with Gasteiger partial charge in [-0.2, -0.15) is 5.26 Å². The topological polar surface area (TPSA) is 66.0 Å². The number of rotatable bonds is 2. The van der Waals surface area contributed by atoms with Gasteiger partial charge in [-0.05, 0) is 19.4 Å². The van der Waals surface area contributed by atoms with Crippen molar-refractivity contribution in [3.63, 3.8) is 0 Å². The van der Waals surface area contributed by atoms with Crippen LogP contribution in [0.2, 0.25) is 0 Å². The van der Waals surface area contributed by atoms with Crippen LogP contribution in [0.15, 0.2) is 10.7 Å². The van der Waals surface area contributed by atoms with Gasteiger partial charge in [-0.25, -0.2) is 0 Å². The zero-order chi connectivity index (χ0) is 9.84. The molecule has 0 atom stereocenters. The van der Waals surface area contributed by atoms with Gasteiger partial charge in [0.2, 0.25) is 0 Å². The van der Waals surface area contributed by atoms with E-state index in [0.717, 1.165) is 11.1 Å². The Morgan fingerprint density at radius 1 is 1.69 bits per heavy atom. The van der Waals surface area contributed by atoms with Crippen LogP contribution in [0.5, 0.6) is 0 Å². The molecule has 0 bridgehead atoms. The molecule has 0 fully saturated rings. The van der Waals surface area contributed by atoms with E-state index in [2.05, 4.69) is 5.32 Å². The lowest BCUT2D eigenvalue weighted by molar-refractivity contribution is 0.0930. The highest BCUT2D eigenvalue weighted by atomic mass is 16.3. The average Bonchev–Trinajstić information content (AvgIpc) is 2.44. The third kappa shape index (κ3) is 1.88. The molecule has 0 saturated heterocycles. The van der Waals surface area contributed by atoms with Gasteiger partial charge >= 0.3 is 0 Å². The monoisotopic (exact) mass is 178 g/mol. The number of nitriles is 1. The Morgan fingerprint density at radius 3 is 2.85 bits per heavy atom. The van der Waals surface area contributed by atoms with Crippen LogP contribution < -0.4 is 5.32 Å². The summed E-state index contributed by atoms with van der Waals surface area (Å²) < 4.78 is 5.03. The van der Waals surface area contributed by atoms with Crippen LogP contribution in [0.1, 0.15) is 21.7 Å². The summed E-state index contributed by atoms with van der Waals surface area (Å²) in [5.41, 5.74) is 1.75. The third-order valence-electron chi connectivity index (χ3n) is 1.82. The molecule has 0 aromatic carbocycles. The molecule has 1 aromatic heterocycles. The minimum Gasteiger partial charge on any atom is -0.459 e. The number of aryl methyl sites for hydroxylation is 1. The number of furan rings is 1. The Balaban J connectivity index is 2.78. The first-order valence-corrected chi connectivity index (χ1v) is 3.86. The predicted octanol–water partition coefficient (Wildman–Crippen LogP) is 1.15. The summed E-state index contributed by atoms with van der Waals surface area (Å²) in [5, 5.41) is 10.7. The lowest BCUT2D eigenvalue weighted by Crippen LogP contribution is -2.23. The number of carbonyl (C=O) groups is 1. The van der Waals surface area contributed by atoms with Crippen molar-refractivity contribution in [2.45, 2.75) is 13.8 Å². The van der Waals surface area contributed by atoms with Gasteiger partial charge in [0.05, 0.1) is 12.3 Å². The van der Waals surface area contributed by atoms with E-state index in [1.165, 1.54) is 6.26 Å². The second-order valence-electron chi connectivity index (χ2n) is 2.71. The van der Waals surface area contributed by atoms with Gasteiger partial charge in [-0.15, -0.1) is 0 Å². The van der Waals surface area contributed by atoms with E-state index in [4.69, 9.17) is 9.68 Å². The fourth-order valence-corrected chi connectivity index (χ4v) is 0.927. The molecule has 0 aliphatic heterocycles. The van der Waals surface area contributed by atoms with Gasteiger partial charge in [0, 0.05) is 5.56 Å². The fraction of sp³-hybridized carbons (Fsp3) is 0.333. The molecule has 0 radical (unpaired) electrons. The molecule has 0 spiro atoms. The van der Waals surface area contributed by atoms with Crippen molar-refractivity contribution in [2.24, 2.45) is 0 Å². The largest absolute Gasteiger partial charge is 0.459 e. The van der Waals surface area contributed by atoms with E-state index in [1.54, 1.807) is 6.92 Å². The van der Waals surface area contributed by atoms with Crippen LogP contribution in [0.25, 0.3) is 0 Å². The quantitative estimate of drug-likeness (QED) is 0.691. The second-order valence-corrected chi connectivity index (χ2v) is 2.71. The Bertz CT molecular complexity index is 360. The van der Waals surface area contributed by atoms with Gasteiger partial charge in [-0.3, -0.25) is 4.79 Å². The van der Waals surface area contributed by atoms with Crippen molar-refractivity contribution >= 4 is 5.91 Å². The van der Waals surface area contributed by atoms with E-state index in [9.17, 15) is 4.79 Å². The van der Waals surface area contributed by atoms with Gasteiger partial charge < -0.3 is 9.73 Å². The van der Waals surface area contributed by atoms with E-state index in [1.807, 2.05) is 13.0 Å². The average molecular weight is 178 g/mol. The molecule has 1 N–H and O–H groups in total. The maximum Gasteiger partial charge on any atom is 0.288 e. The molecule has 1 heterocycles. The summed E-state index contributed by atoms with van der Waals surface area (Å²) in [5.74, 6) is -0.0556. The maximum atomic E-state index is 11.3. The molecule has 1 rings (SSSR count). The Kier molecular flexibility index (Phi) is 2.70. The molecular weight excluding hydrogens is 168 g/mol. The molecule has 0 saturated carbocycles. The summed E-state index contributed by atoms with van der Waals surface area (Å²) in [6, 6.07) is 1.82. The van der Waals surface area contributed by atoms with Crippen molar-refractivity contribution in [2.75, 3.05) is 6.54 Å². The van der Waals surface area contributed by atoms with Crippen molar-refractivity contribution in [3.8, 4) is 6.07 Å². The fourth-order valence-electron chi connectivity index (χ4n) is 0.927. The molecule has 0 unspecified atom stereocenters. The van der Waals surface area contributed by atoms with Crippen molar-refractivity contribution in [1.29, 1.82) is 5.26 Å². The third-order valence-corrected chi connectivity index (χ3v) is 1.82. The number of nitrogens with one attached hydrogen (secondary N) is 1. The van der Waals surface area contributed by atoms with Crippen LogP contribution in [0, 0.1) is 25.2 Å². The van der Waals surface area contributed by atoms with Crippen LogP contribution in [-0.4, -0.2) is 12.5 Å². The molecule has 4 heteroatoms. The molecule has 1 amide bonds. The van der Waals surface area contributed by atoms with Gasteiger partial charge in [0.25, 0.3) is 5.91 Å². The van der Waals surface area contributed by atoms with Gasteiger partial charge in [0.15, 0.2) is 5.76 Å². The Labute approximate surface area is 76.2 Å². The van der Waals surface area contributed by atoms with E-state index in [0.29, 0.717) is 0 Å². The summed E-state index contributed by atoms with van der Waals surface area (Å²) >= 11 is 0. The molecule has 13 heavy (non-hydrogen) atoms.